The van der Waals surface area contributed by atoms with Crippen molar-refractivity contribution in [2.75, 3.05) is 11.9 Å². The van der Waals surface area contributed by atoms with Gasteiger partial charge in [-0.1, -0.05) is 57.9 Å². The molecule has 0 radical (unpaired) electrons. The Labute approximate surface area is 201 Å². The number of nitrogens with zero attached hydrogens (tertiary/aromatic N) is 1. The van der Waals surface area contributed by atoms with Crippen molar-refractivity contribution in [1.82, 2.24) is 0 Å². The number of carbonyl (C=O) groups excluding carboxylic acids is 1. The molecule has 0 saturated heterocycles. The van der Waals surface area contributed by atoms with Gasteiger partial charge in [-0.25, -0.2) is 0 Å². The molecule has 0 aromatic heterocycles. The summed E-state index contributed by atoms with van der Waals surface area (Å²) in [6.07, 6.45) is 2.10. The minimum Gasteiger partial charge on any atom is -0.494 e. The van der Waals surface area contributed by atoms with Crippen molar-refractivity contribution < 1.29 is 9.53 Å². The van der Waals surface area contributed by atoms with Crippen molar-refractivity contribution >= 4 is 45.2 Å². The van der Waals surface area contributed by atoms with Gasteiger partial charge >= 0.3 is 0 Å². The monoisotopic (exact) mass is 508 g/mol. The number of nitriles is 1. The molecule has 4 nitrogen and oxygen atoms in total. The lowest BCUT2D eigenvalue weighted by atomic mass is 10.0. The van der Waals surface area contributed by atoms with Gasteiger partial charge in [0.15, 0.2) is 0 Å². The van der Waals surface area contributed by atoms with Crippen molar-refractivity contribution in [3.63, 3.8) is 0 Å². The summed E-state index contributed by atoms with van der Waals surface area (Å²) in [5, 5.41) is 12.8. The summed E-state index contributed by atoms with van der Waals surface area (Å²) in [5.74, 6) is 0.142. The molecule has 0 spiro atoms. The summed E-state index contributed by atoms with van der Waals surface area (Å²) in [7, 11) is 0. The zero-order valence-electron chi connectivity index (χ0n) is 17.8. The van der Waals surface area contributed by atoms with Gasteiger partial charge in [-0.3, -0.25) is 4.79 Å². The number of aryl methyl sites for hydroxylation is 1. The molecule has 1 amide bonds. The average Bonchev–Trinajstić information content (AvgIpc) is 2.75. The second-order valence-electron chi connectivity index (χ2n) is 7.17. The summed E-state index contributed by atoms with van der Waals surface area (Å²) >= 11 is 10.2. The molecule has 0 unspecified atom stereocenters. The van der Waals surface area contributed by atoms with Gasteiger partial charge in [-0.2, -0.15) is 5.26 Å². The molecule has 3 aromatic rings. The van der Waals surface area contributed by atoms with Crippen LogP contribution in [0.15, 0.2) is 70.7 Å². The van der Waals surface area contributed by atoms with Crippen LogP contribution in [0.25, 0.3) is 6.08 Å². The number of ether oxygens (including phenoxy) is 1. The van der Waals surface area contributed by atoms with Crippen LogP contribution < -0.4 is 10.1 Å². The van der Waals surface area contributed by atoms with Crippen molar-refractivity contribution in [1.29, 1.82) is 5.26 Å². The van der Waals surface area contributed by atoms with Crippen LogP contribution in [0.5, 0.6) is 5.75 Å². The largest absolute Gasteiger partial charge is 0.494 e. The number of benzene rings is 3. The zero-order valence-corrected chi connectivity index (χ0v) is 20.1. The Morgan fingerprint density at radius 3 is 2.66 bits per heavy atom. The highest BCUT2D eigenvalue weighted by molar-refractivity contribution is 9.10. The van der Waals surface area contributed by atoms with Crippen LogP contribution in [0.2, 0.25) is 5.02 Å². The quantitative estimate of drug-likeness (QED) is 0.277. The second kappa shape index (κ2) is 11.0. The molecule has 0 aliphatic heterocycles. The Hall–Kier alpha value is -3.07. The SMILES string of the molecule is CCOc1cc(/C=C(\C#N)C(=O)Nc2cccc(C)c2)cc(Cl)c1Cc1ccccc1Br. The van der Waals surface area contributed by atoms with E-state index in [-0.39, 0.29) is 5.57 Å². The molecule has 0 bridgehead atoms. The standard InChI is InChI=1S/C26H22BrClN2O2/c1-3-32-25-14-18(13-24(28)22(25)15-19-8-4-5-10-23(19)27)12-20(16-29)26(31)30-21-9-6-7-17(2)11-21/h4-14H,3,15H2,1-2H3,(H,30,31)/b20-12+. The number of anilines is 1. The molecule has 0 aliphatic rings. The first-order valence-electron chi connectivity index (χ1n) is 10.1. The molecular weight excluding hydrogens is 488 g/mol. The molecule has 0 fully saturated rings. The fourth-order valence-electron chi connectivity index (χ4n) is 3.24. The topological polar surface area (TPSA) is 62.1 Å². The van der Waals surface area contributed by atoms with Crippen LogP contribution in [-0.4, -0.2) is 12.5 Å². The fourth-order valence-corrected chi connectivity index (χ4v) is 3.95. The predicted octanol–water partition coefficient (Wildman–Crippen LogP) is 6.95. The first-order chi connectivity index (χ1) is 15.4. The van der Waals surface area contributed by atoms with Gasteiger partial charge in [0.2, 0.25) is 0 Å². The maximum atomic E-state index is 12.6. The van der Waals surface area contributed by atoms with Gasteiger partial charge in [-0.15, -0.1) is 0 Å². The van der Waals surface area contributed by atoms with Gasteiger partial charge in [0.25, 0.3) is 5.91 Å². The van der Waals surface area contributed by atoms with E-state index in [2.05, 4.69) is 21.2 Å². The van der Waals surface area contributed by atoms with Crippen molar-refractivity contribution in [2.24, 2.45) is 0 Å². The predicted molar refractivity (Wildman–Crippen MR) is 133 cm³/mol. The normalized spacial score (nSPS) is 11.0. The minimum atomic E-state index is -0.482. The van der Waals surface area contributed by atoms with Crippen molar-refractivity contribution in [3.05, 3.63) is 98.0 Å². The van der Waals surface area contributed by atoms with Gasteiger partial charge in [0, 0.05) is 27.2 Å². The van der Waals surface area contributed by atoms with Crippen LogP contribution in [0, 0.1) is 18.3 Å². The molecule has 6 heteroatoms. The number of amides is 1. The minimum absolute atomic E-state index is 0.0245. The molecule has 1 N–H and O–H groups in total. The van der Waals surface area contributed by atoms with Crippen LogP contribution in [0.1, 0.15) is 29.2 Å². The molecule has 3 aromatic carbocycles. The van der Waals surface area contributed by atoms with E-state index in [4.69, 9.17) is 16.3 Å². The highest BCUT2D eigenvalue weighted by Crippen LogP contribution is 2.33. The summed E-state index contributed by atoms with van der Waals surface area (Å²) in [6.45, 7) is 4.30. The first-order valence-corrected chi connectivity index (χ1v) is 11.3. The lowest BCUT2D eigenvalue weighted by molar-refractivity contribution is -0.112. The number of hydrogen-bond acceptors (Lipinski definition) is 3. The number of carbonyl (C=O) groups is 1. The second-order valence-corrected chi connectivity index (χ2v) is 8.44. The summed E-state index contributed by atoms with van der Waals surface area (Å²) < 4.78 is 6.83. The van der Waals surface area contributed by atoms with Crippen molar-refractivity contribution in [3.8, 4) is 11.8 Å². The van der Waals surface area contributed by atoms with Crippen LogP contribution in [-0.2, 0) is 11.2 Å². The van der Waals surface area contributed by atoms with Gasteiger partial charge < -0.3 is 10.1 Å². The van der Waals surface area contributed by atoms with E-state index in [1.807, 2.05) is 62.4 Å². The van der Waals surface area contributed by atoms with Gasteiger partial charge in [0.1, 0.15) is 17.4 Å². The Morgan fingerprint density at radius 1 is 1.19 bits per heavy atom. The van der Waals surface area contributed by atoms with E-state index in [9.17, 15) is 10.1 Å². The van der Waals surface area contributed by atoms with E-state index in [0.717, 1.165) is 21.2 Å². The Bertz CT molecular complexity index is 1210. The molecule has 0 aliphatic carbocycles. The molecular formula is C26H22BrClN2O2. The molecule has 32 heavy (non-hydrogen) atoms. The van der Waals surface area contributed by atoms with E-state index in [1.165, 1.54) is 6.08 Å². The Morgan fingerprint density at radius 2 is 1.97 bits per heavy atom. The number of rotatable bonds is 7. The molecule has 0 saturated carbocycles. The Balaban J connectivity index is 1.92. The number of halogens is 2. The lowest BCUT2D eigenvalue weighted by Gasteiger charge is -2.14. The maximum Gasteiger partial charge on any atom is 0.266 e. The smallest absolute Gasteiger partial charge is 0.266 e. The average molecular weight is 510 g/mol. The highest BCUT2D eigenvalue weighted by atomic mass is 79.9. The third kappa shape index (κ3) is 6.00. The van der Waals surface area contributed by atoms with E-state index < -0.39 is 5.91 Å². The van der Waals surface area contributed by atoms with E-state index in [1.54, 1.807) is 18.2 Å². The fraction of sp³-hybridized carbons (Fsp3) is 0.154. The number of nitrogens with one attached hydrogen (secondary N) is 1. The molecule has 0 heterocycles. The molecule has 162 valence electrons. The number of hydrogen-bond donors (Lipinski definition) is 1. The van der Waals surface area contributed by atoms with Gasteiger partial charge in [0.05, 0.1) is 6.61 Å². The lowest BCUT2D eigenvalue weighted by Crippen LogP contribution is -2.13. The van der Waals surface area contributed by atoms with Crippen LogP contribution >= 0.6 is 27.5 Å². The third-order valence-corrected chi connectivity index (χ3v) is 5.86. The zero-order chi connectivity index (χ0) is 23.1. The van der Waals surface area contributed by atoms with Gasteiger partial charge in [-0.05, 0) is 66.9 Å². The third-order valence-electron chi connectivity index (χ3n) is 4.75. The Kier molecular flexibility index (Phi) is 8.10. The first kappa shape index (κ1) is 23.6. The summed E-state index contributed by atoms with van der Waals surface area (Å²) in [4.78, 5) is 12.6. The van der Waals surface area contributed by atoms with Crippen molar-refractivity contribution in [2.45, 2.75) is 20.3 Å². The molecule has 3 rings (SSSR count). The van der Waals surface area contributed by atoms with Crippen LogP contribution in [0.4, 0.5) is 5.69 Å². The van der Waals surface area contributed by atoms with E-state index >= 15 is 0 Å². The van der Waals surface area contributed by atoms with Crippen LogP contribution in [0.3, 0.4) is 0 Å². The summed E-state index contributed by atoms with van der Waals surface area (Å²) in [6, 6.07) is 20.8. The highest BCUT2D eigenvalue weighted by Gasteiger charge is 2.15. The maximum absolute atomic E-state index is 12.6. The van der Waals surface area contributed by atoms with E-state index in [0.29, 0.717) is 35.1 Å². The molecule has 0 atom stereocenters. The summed E-state index contributed by atoms with van der Waals surface area (Å²) in [5.41, 5.74) is 4.16.